The number of rotatable bonds is 3. The second-order valence-electron chi connectivity index (χ2n) is 5.25. The van der Waals surface area contributed by atoms with Crippen LogP contribution in [0.25, 0.3) is 0 Å². The van der Waals surface area contributed by atoms with E-state index < -0.39 is 6.10 Å². The SMILES string of the molecule is CC(O)c1ccc(Oc2ccc3c(c2)CCC3)cc1Br. The Hall–Kier alpha value is -1.32. The molecule has 0 saturated carbocycles. The lowest BCUT2D eigenvalue weighted by Crippen LogP contribution is -1.93. The maximum Gasteiger partial charge on any atom is 0.128 e. The first-order valence-electron chi connectivity index (χ1n) is 6.90. The first kappa shape index (κ1) is 13.7. The Morgan fingerprint density at radius 2 is 1.75 bits per heavy atom. The fourth-order valence-corrected chi connectivity index (χ4v) is 3.35. The molecule has 0 fully saturated rings. The van der Waals surface area contributed by atoms with Gasteiger partial charge < -0.3 is 9.84 Å². The largest absolute Gasteiger partial charge is 0.457 e. The first-order chi connectivity index (χ1) is 9.63. The van der Waals surface area contributed by atoms with E-state index >= 15 is 0 Å². The van der Waals surface area contributed by atoms with Gasteiger partial charge in [-0.2, -0.15) is 0 Å². The molecule has 0 aliphatic heterocycles. The minimum absolute atomic E-state index is 0.488. The average molecular weight is 333 g/mol. The lowest BCUT2D eigenvalue weighted by molar-refractivity contribution is 0.198. The predicted molar refractivity (Wildman–Crippen MR) is 83.3 cm³/mol. The molecule has 0 saturated heterocycles. The number of ether oxygens (including phenoxy) is 1. The van der Waals surface area contributed by atoms with Crippen LogP contribution < -0.4 is 4.74 Å². The molecule has 0 radical (unpaired) electrons. The summed E-state index contributed by atoms with van der Waals surface area (Å²) in [6, 6.07) is 12.0. The lowest BCUT2D eigenvalue weighted by Gasteiger charge is -2.11. The summed E-state index contributed by atoms with van der Waals surface area (Å²) in [4.78, 5) is 0. The van der Waals surface area contributed by atoms with Crippen LogP contribution in [-0.2, 0) is 12.8 Å². The summed E-state index contributed by atoms with van der Waals surface area (Å²) in [6.45, 7) is 1.75. The second-order valence-corrected chi connectivity index (χ2v) is 6.10. The van der Waals surface area contributed by atoms with Crippen molar-refractivity contribution in [3.8, 4) is 11.5 Å². The Morgan fingerprint density at radius 3 is 2.50 bits per heavy atom. The molecule has 0 aromatic heterocycles. The average Bonchev–Trinajstić information content (AvgIpc) is 2.85. The van der Waals surface area contributed by atoms with E-state index in [9.17, 15) is 5.11 Å². The highest BCUT2D eigenvalue weighted by Crippen LogP contribution is 2.32. The molecule has 1 aliphatic carbocycles. The number of fused-ring (bicyclic) bond motifs is 1. The van der Waals surface area contributed by atoms with E-state index in [4.69, 9.17) is 4.74 Å². The molecule has 0 heterocycles. The van der Waals surface area contributed by atoms with Crippen LogP contribution in [0.2, 0.25) is 0 Å². The van der Waals surface area contributed by atoms with Crippen LogP contribution >= 0.6 is 15.9 Å². The summed E-state index contributed by atoms with van der Waals surface area (Å²) in [5, 5.41) is 9.62. The van der Waals surface area contributed by atoms with Crippen molar-refractivity contribution >= 4 is 15.9 Å². The second kappa shape index (κ2) is 5.58. The third-order valence-corrected chi connectivity index (χ3v) is 4.41. The van der Waals surface area contributed by atoms with Gasteiger partial charge in [0.1, 0.15) is 11.5 Å². The smallest absolute Gasteiger partial charge is 0.128 e. The molecule has 2 aromatic rings. The predicted octanol–water partition coefficient (Wildman–Crippen LogP) is 4.78. The summed E-state index contributed by atoms with van der Waals surface area (Å²) in [7, 11) is 0. The van der Waals surface area contributed by atoms with Crippen molar-refractivity contribution in [1.82, 2.24) is 0 Å². The zero-order valence-corrected chi connectivity index (χ0v) is 13.0. The van der Waals surface area contributed by atoms with Gasteiger partial charge in [-0.1, -0.05) is 28.1 Å². The third-order valence-electron chi connectivity index (χ3n) is 3.73. The summed E-state index contributed by atoms with van der Waals surface area (Å²) in [5.41, 5.74) is 3.72. The number of aliphatic hydroxyl groups is 1. The van der Waals surface area contributed by atoms with Crippen molar-refractivity contribution in [3.63, 3.8) is 0 Å². The molecule has 1 N–H and O–H groups in total. The van der Waals surface area contributed by atoms with Crippen LogP contribution in [0.5, 0.6) is 11.5 Å². The first-order valence-corrected chi connectivity index (χ1v) is 7.70. The third kappa shape index (κ3) is 2.74. The van der Waals surface area contributed by atoms with Gasteiger partial charge in [-0.05, 0) is 67.1 Å². The number of halogens is 1. The number of hydrogen-bond donors (Lipinski definition) is 1. The van der Waals surface area contributed by atoms with Crippen molar-refractivity contribution in [2.45, 2.75) is 32.3 Å². The molecule has 1 unspecified atom stereocenters. The van der Waals surface area contributed by atoms with Gasteiger partial charge in [-0.15, -0.1) is 0 Å². The molecule has 1 atom stereocenters. The fraction of sp³-hybridized carbons (Fsp3) is 0.294. The van der Waals surface area contributed by atoms with E-state index in [1.807, 2.05) is 24.3 Å². The number of aryl methyl sites for hydroxylation is 2. The van der Waals surface area contributed by atoms with E-state index in [-0.39, 0.29) is 0 Å². The monoisotopic (exact) mass is 332 g/mol. The van der Waals surface area contributed by atoms with Crippen molar-refractivity contribution < 1.29 is 9.84 Å². The summed E-state index contributed by atoms with van der Waals surface area (Å²) in [6.07, 6.45) is 3.09. The van der Waals surface area contributed by atoms with Crippen molar-refractivity contribution in [3.05, 3.63) is 57.6 Å². The minimum Gasteiger partial charge on any atom is -0.457 e. The molecule has 3 rings (SSSR count). The van der Waals surface area contributed by atoms with Gasteiger partial charge >= 0.3 is 0 Å². The van der Waals surface area contributed by atoms with E-state index in [0.29, 0.717) is 0 Å². The van der Waals surface area contributed by atoms with Crippen LogP contribution in [0.15, 0.2) is 40.9 Å². The van der Waals surface area contributed by atoms with Gasteiger partial charge in [0.2, 0.25) is 0 Å². The summed E-state index contributed by atoms with van der Waals surface area (Å²) >= 11 is 3.47. The normalized spacial score (nSPS) is 14.9. The van der Waals surface area contributed by atoms with Gasteiger partial charge in [-0.25, -0.2) is 0 Å². The summed E-state index contributed by atoms with van der Waals surface area (Å²) < 4.78 is 6.77. The standard InChI is InChI=1S/C17H17BrO2/c1-11(19)16-8-7-15(10-17(16)18)20-14-6-5-12-3-2-4-13(12)9-14/h5-11,19H,2-4H2,1H3. The Morgan fingerprint density at radius 1 is 1.05 bits per heavy atom. The lowest BCUT2D eigenvalue weighted by atomic mass is 10.1. The zero-order valence-electron chi connectivity index (χ0n) is 11.4. The molecular formula is C17H17BrO2. The van der Waals surface area contributed by atoms with E-state index in [0.717, 1.165) is 28.0 Å². The van der Waals surface area contributed by atoms with Crippen LogP contribution in [0, 0.1) is 0 Å². The van der Waals surface area contributed by atoms with Crippen LogP contribution in [0.4, 0.5) is 0 Å². The Balaban J connectivity index is 1.83. The highest BCUT2D eigenvalue weighted by Gasteiger charge is 2.12. The van der Waals surface area contributed by atoms with Gasteiger partial charge in [0.05, 0.1) is 6.10 Å². The molecular weight excluding hydrogens is 316 g/mol. The molecule has 3 heteroatoms. The van der Waals surface area contributed by atoms with Gasteiger partial charge in [0, 0.05) is 4.47 Å². The molecule has 2 aromatic carbocycles. The maximum absolute atomic E-state index is 9.62. The zero-order chi connectivity index (χ0) is 14.1. The van der Waals surface area contributed by atoms with Crippen LogP contribution in [0.3, 0.4) is 0 Å². The molecule has 104 valence electrons. The summed E-state index contributed by atoms with van der Waals surface area (Å²) in [5.74, 6) is 1.65. The quantitative estimate of drug-likeness (QED) is 0.876. The highest BCUT2D eigenvalue weighted by molar-refractivity contribution is 9.10. The van der Waals surface area contributed by atoms with Crippen LogP contribution in [0.1, 0.15) is 36.1 Å². The molecule has 2 nitrogen and oxygen atoms in total. The number of aliphatic hydroxyl groups excluding tert-OH is 1. The van der Waals surface area contributed by atoms with E-state index in [1.54, 1.807) is 6.92 Å². The van der Waals surface area contributed by atoms with Crippen molar-refractivity contribution in [1.29, 1.82) is 0 Å². The van der Waals surface area contributed by atoms with Crippen LogP contribution in [-0.4, -0.2) is 5.11 Å². The van der Waals surface area contributed by atoms with Gasteiger partial charge in [0.25, 0.3) is 0 Å². The molecule has 0 amide bonds. The van der Waals surface area contributed by atoms with Gasteiger partial charge in [0.15, 0.2) is 0 Å². The Bertz CT molecular complexity index is 635. The Kier molecular flexibility index (Phi) is 3.81. The molecule has 20 heavy (non-hydrogen) atoms. The number of benzene rings is 2. The molecule has 1 aliphatic rings. The number of hydrogen-bond acceptors (Lipinski definition) is 2. The van der Waals surface area contributed by atoms with Crippen molar-refractivity contribution in [2.24, 2.45) is 0 Å². The van der Waals surface area contributed by atoms with Gasteiger partial charge in [-0.3, -0.25) is 0 Å². The van der Waals surface area contributed by atoms with E-state index in [2.05, 4.69) is 28.1 Å². The van der Waals surface area contributed by atoms with E-state index in [1.165, 1.54) is 24.0 Å². The minimum atomic E-state index is -0.488. The Labute approximate surface area is 127 Å². The fourth-order valence-electron chi connectivity index (χ4n) is 2.66. The molecule has 0 spiro atoms. The highest BCUT2D eigenvalue weighted by atomic mass is 79.9. The topological polar surface area (TPSA) is 29.5 Å². The maximum atomic E-state index is 9.62. The molecule has 0 bridgehead atoms. The van der Waals surface area contributed by atoms with Crippen molar-refractivity contribution in [2.75, 3.05) is 0 Å².